The molecule has 2 saturated heterocycles. The van der Waals surface area contributed by atoms with E-state index in [9.17, 15) is 8.42 Å². The molecule has 3 aromatic rings. The van der Waals surface area contributed by atoms with Crippen LogP contribution in [0.5, 0.6) is 5.75 Å². The fourth-order valence-electron chi connectivity index (χ4n) is 5.82. The van der Waals surface area contributed by atoms with Crippen LogP contribution in [0, 0.1) is 0 Å². The molecule has 43 heavy (non-hydrogen) atoms. The van der Waals surface area contributed by atoms with E-state index in [1.54, 1.807) is 32.4 Å². The first-order valence-electron chi connectivity index (χ1n) is 14.8. The predicted molar refractivity (Wildman–Crippen MR) is 177 cm³/mol. The van der Waals surface area contributed by atoms with E-state index in [1.807, 2.05) is 6.07 Å². The Balaban J connectivity index is 1.24. The highest BCUT2D eigenvalue weighted by Crippen LogP contribution is 2.36. The summed E-state index contributed by atoms with van der Waals surface area (Å²) in [5.41, 5.74) is 2.29. The largest absolute Gasteiger partial charge is 0.494 e. The number of methoxy groups -OCH3 is 1. The molecular weight excluding hydrogens is 606 g/mol. The smallest absolute Gasteiger partial charge is 0.229 e. The summed E-state index contributed by atoms with van der Waals surface area (Å²) in [4.78, 5) is 16.4. The SMILES string of the molecule is COc1cc(N2CCC(N3CCC(N(C)C)CC3)CC2)ccc1Nc1ncc(Cl)c(Nc2ccsc2S(=O)(=O)C(C)C)n1. The summed E-state index contributed by atoms with van der Waals surface area (Å²) in [5, 5.41) is 7.79. The third-order valence-electron chi connectivity index (χ3n) is 8.51. The van der Waals surface area contributed by atoms with Crippen LogP contribution in [0.1, 0.15) is 39.5 Å². The van der Waals surface area contributed by atoms with Gasteiger partial charge in [0.15, 0.2) is 15.7 Å². The van der Waals surface area contributed by atoms with Crippen LogP contribution in [-0.2, 0) is 9.84 Å². The predicted octanol–water partition coefficient (Wildman–Crippen LogP) is 5.86. The van der Waals surface area contributed by atoms with E-state index in [2.05, 4.69) is 61.5 Å². The third kappa shape index (κ3) is 7.20. The molecule has 0 atom stereocenters. The average molecular weight is 648 g/mol. The molecule has 10 nitrogen and oxygen atoms in total. The normalized spacial score (nSPS) is 17.5. The van der Waals surface area contributed by atoms with Gasteiger partial charge in [0.1, 0.15) is 15.0 Å². The first-order valence-corrected chi connectivity index (χ1v) is 17.6. The zero-order valence-corrected chi connectivity index (χ0v) is 27.9. The number of nitrogens with zero attached hydrogens (tertiary/aromatic N) is 5. The molecular formula is C30H42ClN7O3S2. The Morgan fingerprint density at radius 1 is 1.05 bits per heavy atom. The van der Waals surface area contributed by atoms with E-state index in [-0.39, 0.29) is 9.23 Å². The lowest BCUT2D eigenvalue weighted by molar-refractivity contribution is 0.0960. The van der Waals surface area contributed by atoms with Crippen LogP contribution >= 0.6 is 22.9 Å². The molecule has 0 saturated carbocycles. The molecule has 0 spiro atoms. The summed E-state index contributed by atoms with van der Waals surface area (Å²) in [7, 11) is 2.57. The Kier molecular flexibility index (Phi) is 10.0. The van der Waals surface area contributed by atoms with Gasteiger partial charge in [-0.2, -0.15) is 4.98 Å². The molecule has 2 N–H and O–H groups in total. The number of anilines is 5. The van der Waals surface area contributed by atoms with Crippen molar-refractivity contribution in [3.05, 3.63) is 40.9 Å². The fourth-order valence-corrected chi connectivity index (χ4v) is 8.67. The molecule has 0 radical (unpaired) electrons. The summed E-state index contributed by atoms with van der Waals surface area (Å²) in [6.07, 6.45) is 6.31. The minimum absolute atomic E-state index is 0.252. The monoisotopic (exact) mass is 647 g/mol. The van der Waals surface area contributed by atoms with Gasteiger partial charge < -0.3 is 30.1 Å². The van der Waals surface area contributed by atoms with Crippen molar-refractivity contribution in [3.63, 3.8) is 0 Å². The number of hydrogen-bond acceptors (Lipinski definition) is 11. The Morgan fingerprint density at radius 2 is 1.77 bits per heavy atom. The molecule has 0 unspecified atom stereocenters. The number of likely N-dealkylation sites (tertiary alicyclic amines) is 1. The van der Waals surface area contributed by atoms with Crippen molar-refractivity contribution in [2.75, 3.05) is 62.9 Å². The number of thiophene rings is 1. The lowest BCUT2D eigenvalue weighted by Gasteiger charge is -2.43. The molecule has 2 aliphatic rings. The van der Waals surface area contributed by atoms with Crippen molar-refractivity contribution in [1.29, 1.82) is 0 Å². The van der Waals surface area contributed by atoms with Crippen LogP contribution in [0.25, 0.3) is 0 Å². The number of aromatic nitrogens is 2. The number of sulfone groups is 1. The van der Waals surface area contributed by atoms with Crippen molar-refractivity contribution in [1.82, 2.24) is 19.8 Å². The van der Waals surface area contributed by atoms with Crippen molar-refractivity contribution in [2.24, 2.45) is 0 Å². The van der Waals surface area contributed by atoms with Crippen molar-refractivity contribution < 1.29 is 13.2 Å². The molecule has 0 aliphatic carbocycles. The van der Waals surface area contributed by atoms with Gasteiger partial charge in [-0.25, -0.2) is 13.4 Å². The molecule has 4 heterocycles. The van der Waals surface area contributed by atoms with Gasteiger partial charge in [-0.15, -0.1) is 11.3 Å². The minimum Gasteiger partial charge on any atom is -0.494 e. The number of hydrogen-bond donors (Lipinski definition) is 2. The van der Waals surface area contributed by atoms with Gasteiger partial charge in [0, 0.05) is 36.9 Å². The molecule has 0 amide bonds. The third-order valence-corrected chi connectivity index (χ3v) is 12.5. The summed E-state index contributed by atoms with van der Waals surface area (Å²) < 4.78 is 31.6. The number of benzene rings is 1. The second kappa shape index (κ2) is 13.6. The quantitative estimate of drug-likeness (QED) is 0.278. The minimum atomic E-state index is -3.46. The van der Waals surface area contributed by atoms with Gasteiger partial charge in [-0.3, -0.25) is 0 Å². The highest BCUT2D eigenvalue weighted by Gasteiger charge is 2.29. The maximum absolute atomic E-state index is 12.8. The topological polar surface area (TPSA) is 103 Å². The fraction of sp³-hybridized carbons (Fsp3) is 0.533. The molecule has 2 fully saturated rings. The Morgan fingerprint density at radius 3 is 2.42 bits per heavy atom. The van der Waals surface area contributed by atoms with Gasteiger partial charge in [0.2, 0.25) is 5.95 Å². The average Bonchev–Trinajstić information content (AvgIpc) is 3.48. The van der Waals surface area contributed by atoms with E-state index >= 15 is 0 Å². The van der Waals surface area contributed by atoms with Crippen molar-refractivity contribution in [3.8, 4) is 5.75 Å². The van der Waals surface area contributed by atoms with E-state index in [1.165, 1.54) is 43.5 Å². The van der Waals surface area contributed by atoms with E-state index in [0.29, 0.717) is 35.3 Å². The number of rotatable bonds is 10. The van der Waals surface area contributed by atoms with Crippen molar-refractivity contribution in [2.45, 2.75) is 61.1 Å². The first-order chi connectivity index (χ1) is 20.6. The molecule has 1 aromatic carbocycles. The number of halogens is 1. The molecule has 13 heteroatoms. The van der Waals surface area contributed by atoms with Crippen LogP contribution in [0.15, 0.2) is 40.1 Å². The molecule has 2 aliphatic heterocycles. The molecule has 234 valence electrons. The van der Waals surface area contributed by atoms with E-state index in [0.717, 1.165) is 37.3 Å². The first kappa shape index (κ1) is 31.8. The summed E-state index contributed by atoms with van der Waals surface area (Å²) >= 11 is 7.56. The van der Waals surface area contributed by atoms with Gasteiger partial charge in [0.25, 0.3) is 0 Å². The maximum atomic E-state index is 12.8. The highest BCUT2D eigenvalue weighted by atomic mass is 35.5. The van der Waals surface area contributed by atoms with Gasteiger partial charge in [-0.05, 0) is 90.3 Å². The van der Waals surface area contributed by atoms with Gasteiger partial charge in [-0.1, -0.05) is 11.6 Å². The number of ether oxygens (including phenoxy) is 1. The van der Waals surface area contributed by atoms with Crippen LogP contribution in [-0.4, -0.2) is 92.9 Å². The van der Waals surface area contributed by atoms with E-state index in [4.69, 9.17) is 16.3 Å². The Labute approximate surface area is 264 Å². The second-order valence-electron chi connectivity index (χ2n) is 11.7. The summed E-state index contributed by atoms with van der Waals surface area (Å²) in [5.74, 6) is 1.30. The zero-order valence-electron chi connectivity index (χ0n) is 25.5. The highest BCUT2D eigenvalue weighted by molar-refractivity contribution is 7.94. The van der Waals surface area contributed by atoms with Crippen LogP contribution in [0.2, 0.25) is 5.02 Å². The Bertz CT molecular complexity index is 1500. The standard InChI is InChI=1S/C30H42ClN7O3S2/c1-20(2)43(39,40)29-26(12-17-42-29)33-28-24(31)19-32-30(35-28)34-25-7-6-23(18-27(25)41-5)38-15-10-22(11-16-38)37-13-8-21(9-14-37)36(3)4/h6-7,12,17-22H,8-11,13-16H2,1-5H3,(H2,32,33,34,35). The van der Waals surface area contributed by atoms with Gasteiger partial charge in [0.05, 0.1) is 29.9 Å². The van der Waals surface area contributed by atoms with E-state index < -0.39 is 15.1 Å². The maximum Gasteiger partial charge on any atom is 0.229 e. The second-order valence-corrected chi connectivity index (χ2v) is 15.7. The number of nitrogens with one attached hydrogen (secondary N) is 2. The Hall–Kier alpha value is -2.64. The van der Waals surface area contributed by atoms with Crippen LogP contribution < -0.4 is 20.3 Å². The zero-order chi connectivity index (χ0) is 30.7. The molecule has 0 bridgehead atoms. The lowest BCUT2D eigenvalue weighted by atomic mass is 9.97. The van der Waals surface area contributed by atoms with Gasteiger partial charge >= 0.3 is 0 Å². The summed E-state index contributed by atoms with van der Waals surface area (Å²) in [6, 6.07) is 9.19. The van der Waals surface area contributed by atoms with Crippen molar-refractivity contribution >= 4 is 61.6 Å². The lowest BCUT2D eigenvalue weighted by Crippen LogP contribution is -2.50. The number of piperidine rings is 2. The molecule has 2 aromatic heterocycles. The van der Waals surface area contributed by atoms with Crippen LogP contribution in [0.4, 0.5) is 28.8 Å². The molecule has 5 rings (SSSR count). The summed E-state index contributed by atoms with van der Waals surface area (Å²) in [6.45, 7) is 7.74. The van der Waals surface area contributed by atoms with Crippen LogP contribution in [0.3, 0.4) is 0 Å².